The summed E-state index contributed by atoms with van der Waals surface area (Å²) in [5, 5.41) is 9.31. The number of aliphatic hydroxyl groups excluding tert-OH is 1. The first kappa shape index (κ1) is 16.3. The van der Waals surface area contributed by atoms with Gasteiger partial charge in [-0.25, -0.2) is 22.3 Å². The van der Waals surface area contributed by atoms with Crippen molar-refractivity contribution < 1.29 is 27.4 Å². The van der Waals surface area contributed by atoms with Crippen LogP contribution in [0.3, 0.4) is 0 Å². The predicted octanol–water partition coefficient (Wildman–Crippen LogP) is -0.471. The van der Waals surface area contributed by atoms with Gasteiger partial charge in [0.25, 0.3) is 0 Å². The quantitative estimate of drug-likeness (QED) is 0.500. The molecule has 0 radical (unpaired) electrons. The van der Waals surface area contributed by atoms with Crippen LogP contribution in [-0.2, 0) is 19.6 Å². The van der Waals surface area contributed by atoms with E-state index in [4.69, 9.17) is 5.73 Å². The minimum absolute atomic E-state index is 0.150. The van der Waals surface area contributed by atoms with Gasteiger partial charge < -0.3 is 15.6 Å². The summed E-state index contributed by atoms with van der Waals surface area (Å²) in [6.07, 6.45) is -1.63. The number of aliphatic hydroxyl groups is 1. The Labute approximate surface area is 115 Å². The van der Waals surface area contributed by atoms with Gasteiger partial charge in [-0.3, -0.25) is 0 Å². The van der Waals surface area contributed by atoms with E-state index in [-0.39, 0.29) is 16.1 Å². The lowest BCUT2D eigenvalue weighted by molar-refractivity contribution is -0.149. The van der Waals surface area contributed by atoms with Gasteiger partial charge >= 0.3 is 5.97 Å². The molecule has 1 atom stereocenters. The monoisotopic (exact) mass is 306 g/mol. The highest BCUT2D eigenvalue weighted by Crippen LogP contribution is 2.21. The molecular weight excluding hydrogens is 291 g/mol. The van der Waals surface area contributed by atoms with E-state index in [1.54, 1.807) is 0 Å². The number of carbonyl (C=O) groups excluding carboxylic acids is 1. The molecule has 112 valence electrons. The molecule has 9 heteroatoms. The van der Waals surface area contributed by atoms with E-state index in [1.165, 1.54) is 6.92 Å². The molecule has 0 saturated carbocycles. The maximum absolute atomic E-state index is 13.2. The van der Waals surface area contributed by atoms with Crippen LogP contribution in [0.4, 0.5) is 10.1 Å². The Hall–Kier alpha value is -1.71. The fourth-order valence-corrected chi connectivity index (χ4v) is 2.74. The first-order chi connectivity index (χ1) is 9.19. The summed E-state index contributed by atoms with van der Waals surface area (Å²) in [5.41, 5.74) is 5.16. The smallest absolute Gasteiger partial charge is 0.336 e. The molecule has 0 heterocycles. The second kappa shape index (κ2) is 6.16. The van der Waals surface area contributed by atoms with Crippen LogP contribution in [0.2, 0.25) is 0 Å². The van der Waals surface area contributed by atoms with E-state index in [0.29, 0.717) is 0 Å². The summed E-state index contributed by atoms with van der Waals surface area (Å²) in [7, 11) is -2.97. The molecule has 0 aliphatic heterocycles. The van der Waals surface area contributed by atoms with Crippen molar-refractivity contribution >= 4 is 21.7 Å². The molecule has 0 aromatic heterocycles. The van der Waals surface area contributed by atoms with Crippen molar-refractivity contribution in [2.45, 2.75) is 17.9 Å². The minimum Gasteiger partial charge on any atom is -0.467 e. The molecule has 0 fully saturated rings. The number of hydrogen-bond donors (Lipinski definition) is 3. The highest BCUT2D eigenvalue weighted by atomic mass is 32.2. The van der Waals surface area contributed by atoms with Crippen molar-refractivity contribution in [1.82, 2.24) is 4.72 Å². The van der Waals surface area contributed by atoms with Crippen molar-refractivity contribution in [2.75, 3.05) is 19.4 Å². The number of benzene rings is 1. The third-order valence-electron chi connectivity index (χ3n) is 2.52. The predicted molar refractivity (Wildman–Crippen MR) is 68.8 cm³/mol. The number of halogens is 1. The number of nitrogens with two attached hydrogens (primary N) is 1. The van der Waals surface area contributed by atoms with Gasteiger partial charge in [-0.1, -0.05) is 0 Å². The van der Waals surface area contributed by atoms with Crippen LogP contribution in [0.15, 0.2) is 17.0 Å². The van der Waals surface area contributed by atoms with Crippen LogP contribution in [0.25, 0.3) is 0 Å². The van der Waals surface area contributed by atoms with Gasteiger partial charge in [-0.2, -0.15) is 0 Å². The van der Waals surface area contributed by atoms with E-state index in [1.807, 2.05) is 4.72 Å². The number of methoxy groups -OCH3 is 1. The van der Waals surface area contributed by atoms with Crippen molar-refractivity contribution in [3.8, 4) is 0 Å². The fraction of sp³-hybridized carbons (Fsp3) is 0.364. The van der Waals surface area contributed by atoms with Gasteiger partial charge in [-0.15, -0.1) is 0 Å². The summed E-state index contributed by atoms with van der Waals surface area (Å²) >= 11 is 0. The zero-order valence-corrected chi connectivity index (χ0v) is 11.7. The van der Waals surface area contributed by atoms with Gasteiger partial charge in [-0.05, 0) is 24.6 Å². The maximum atomic E-state index is 13.2. The Morgan fingerprint density at radius 2 is 2.15 bits per heavy atom. The number of aryl methyl sites for hydroxylation is 1. The minimum atomic E-state index is -4.03. The largest absolute Gasteiger partial charge is 0.467 e. The van der Waals surface area contributed by atoms with Crippen molar-refractivity contribution in [3.05, 3.63) is 23.5 Å². The highest BCUT2D eigenvalue weighted by Gasteiger charge is 2.22. The molecular formula is C11H15FN2O5S. The summed E-state index contributed by atoms with van der Waals surface area (Å²) in [6.45, 7) is 0.833. The molecule has 1 aromatic carbocycles. The number of hydrogen-bond acceptors (Lipinski definition) is 6. The second-order valence-electron chi connectivity index (χ2n) is 4.03. The molecule has 1 aromatic rings. The average Bonchev–Trinajstić information content (AvgIpc) is 2.39. The molecule has 0 saturated heterocycles. The van der Waals surface area contributed by atoms with Crippen LogP contribution < -0.4 is 10.5 Å². The van der Waals surface area contributed by atoms with Crippen LogP contribution in [0.5, 0.6) is 0 Å². The van der Waals surface area contributed by atoms with Crippen molar-refractivity contribution in [2.24, 2.45) is 0 Å². The van der Waals surface area contributed by atoms with Gasteiger partial charge in [0, 0.05) is 6.54 Å². The number of esters is 1. The van der Waals surface area contributed by atoms with E-state index in [9.17, 15) is 22.7 Å². The third kappa shape index (κ3) is 3.65. The van der Waals surface area contributed by atoms with Crippen LogP contribution >= 0.6 is 0 Å². The SMILES string of the molecule is COC(=O)C(O)CNS(=O)(=O)c1cc(N)c(F)cc1C. The Balaban J connectivity index is 2.95. The third-order valence-corrected chi connectivity index (χ3v) is 4.09. The first-order valence-electron chi connectivity index (χ1n) is 5.50. The molecule has 1 unspecified atom stereocenters. The Morgan fingerprint density at radius 3 is 2.70 bits per heavy atom. The molecule has 0 bridgehead atoms. The lowest BCUT2D eigenvalue weighted by Gasteiger charge is -2.12. The Bertz CT molecular complexity index is 617. The van der Waals surface area contributed by atoms with Gasteiger partial charge in [0.1, 0.15) is 5.82 Å². The molecule has 0 spiro atoms. The summed E-state index contributed by atoms with van der Waals surface area (Å²) in [4.78, 5) is 10.7. The topological polar surface area (TPSA) is 119 Å². The Morgan fingerprint density at radius 1 is 1.55 bits per heavy atom. The molecule has 7 nitrogen and oxygen atoms in total. The van der Waals surface area contributed by atoms with Gasteiger partial charge in [0.05, 0.1) is 17.7 Å². The van der Waals surface area contributed by atoms with Gasteiger partial charge in [0.2, 0.25) is 10.0 Å². The van der Waals surface area contributed by atoms with E-state index in [2.05, 4.69) is 4.74 Å². The standard InChI is InChI=1S/C11H15FN2O5S/c1-6-3-7(12)8(13)4-10(6)20(17,18)14-5-9(15)11(16)19-2/h3-4,9,14-15H,5,13H2,1-2H3. The molecule has 0 aliphatic rings. The second-order valence-corrected chi connectivity index (χ2v) is 5.77. The lowest BCUT2D eigenvalue weighted by atomic mass is 10.2. The van der Waals surface area contributed by atoms with Crippen LogP contribution in [-0.4, -0.2) is 39.3 Å². The van der Waals surface area contributed by atoms with Crippen molar-refractivity contribution in [3.63, 3.8) is 0 Å². The number of ether oxygens (including phenoxy) is 1. The first-order valence-corrected chi connectivity index (χ1v) is 6.98. The highest BCUT2D eigenvalue weighted by molar-refractivity contribution is 7.89. The summed E-state index contributed by atoms with van der Waals surface area (Å²) < 4.78 is 43.4. The number of nitrogen functional groups attached to an aromatic ring is 1. The lowest BCUT2D eigenvalue weighted by Crippen LogP contribution is -2.37. The number of sulfonamides is 1. The fourth-order valence-electron chi connectivity index (χ4n) is 1.44. The Kier molecular flexibility index (Phi) is 5.03. The molecule has 20 heavy (non-hydrogen) atoms. The molecule has 4 N–H and O–H groups in total. The van der Waals surface area contributed by atoms with Crippen LogP contribution in [0.1, 0.15) is 5.56 Å². The molecule has 1 rings (SSSR count). The average molecular weight is 306 g/mol. The summed E-state index contributed by atoms with van der Waals surface area (Å²) in [5.74, 6) is -1.70. The van der Waals surface area contributed by atoms with E-state index >= 15 is 0 Å². The number of nitrogens with one attached hydrogen (secondary N) is 1. The number of rotatable bonds is 5. The van der Waals surface area contributed by atoms with Crippen molar-refractivity contribution in [1.29, 1.82) is 0 Å². The maximum Gasteiger partial charge on any atom is 0.336 e. The molecule has 0 amide bonds. The van der Waals surface area contributed by atoms with E-state index in [0.717, 1.165) is 19.2 Å². The normalized spacial score (nSPS) is 13.0. The molecule has 0 aliphatic carbocycles. The van der Waals surface area contributed by atoms with Gasteiger partial charge in [0.15, 0.2) is 6.10 Å². The zero-order valence-electron chi connectivity index (χ0n) is 10.9. The number of carbonyl (C=O) groups is 1. The van der Waals surface area contributed by atoms with Crippen LogP contribution in [0, 0.1) is 12.7 Å². The zero-order chi connectivity index (χ0) is 15.5. The summed E-state index contributed by atoms with van der Waals surface area (Å²) in [6, 6.07) is 1.96. The van der Waals surface area contributed by atoms with E-state index < -0.39 is 34.5 Å². The number of anilines is 1.